The molecule has 0 aliphatic carbocycles. The summed E-state index contributed by atoms with van der Waals surface area (Å²) < 4.78 is 12.0. The molecule has 2 aromatic heterocycles. The van der Waals surface area contributed by atoms with Crippen LogP contribution in [0.4, 0.5) is 0 Å². The summed E-state index contributed by atoms with van der Waals surface area (Å²) in [6.45, 7) is -0.207. The van der Waals surface area contributed by atoms with E-state index in [-0.39, 0.29) is 12.1 Å². The number of para-hydroxylation sites is 1. The van der Waals surface area contributed by atoms with Crippen LogP contribution in [0.2, 0.25) is 5.02 Å². The summed E-state index contributed by atoms with van der Waals surface area (Å²) in [6.07, 6.45) is 3.10. The second kappa shape index (κ2) is 9.32. The van der Waals surface area contributed by atoms with E-state index in [0.29, 0.717) is 22.0 Å². The first-order chi connectivity index (χ1) is 15.1. The van der Waals surface area contributed by atoms with Gasteiger partial charge < -0.3 is 14.5 Å². The Morgan fingerprint density at radius 1 is 1.03 bits per heavy atom. The first kappa shape index (κ1) is 20.4. The third-order valence-corrected chi connectivity index (χ3v) is 4.70. The van der Waals surface area contributed by atoms with Gasteiger partial charge in [0.25, 0.3) is 5.91 Å². The van der Waals surface area contributed by atoms with E-state index in [9.17, 15) is 9.59 Å². The van der Waals surface area contributed by atoms with Crippen molar-refractivity contribution in [2.24, 2.45) is 0 Å². The molecule has 156 valence electrons. The molecule has 4 aromatic rings. The minimum absolute atomic E-state index is 0.214. The summed E-state index contributed by atoms with van der Waals surface area (Å²) in [5.41, 5.74) is 2.16. The Labute approximate surface area is 183 Å². The minimum Gasteiger partial charge on any atom is -0.467 e. The standard InChI is InChI=1S/C23H18ClN3O4/c24-17-10-8-16(9-11-17)22-20(14-27(26-22)18-5-2-1-3-6-18)23(29)31-15-21(28)25-13-19-7-4-12-30-19/h1-12,14H,13,15H2,(H,25,28). The normalized spacial score (nSPS) is 10.6. The summed E-state index contributed by atoms with van der Waals surface area (Å²) in [5.74, 6) is -0.484. The Morgan fingerprint density at radius 2 is 1.81 bits per heavy atom. The van der Waals surface area contributed by atoms with Gasteiger partial charge in [0.1, 0.15) is 17.0 Å². The van der Waals surface area contributed by atoms with Gasteiger partial charge in [0.15, 0.2) is 6.61 Å². The number of hydrogen-bond acceptors (Lipinski definition) is 5. The molecule has 0 saturated carbocycles. The smallest absolute Gasteiger partial charge is 0.342 e. The predicted molar refractivity (Wildman–Crippen MR) is 115 cm³/mol. The Bertz CT molecular complexity index is 1170. The van der Waals surface area contributed by atoms with Crippen LogP contribution in [0.15, 0.2) is 83.6 Å². The third kappa shape index (κ3) is 5.02. The molecule has 0 unspecified atom stereocenters. The number of ether oxygens (including phenoxy) is 1. The van der Waals surface area contributed by atoms with E-state index < -0.39 is 18.5 Å². The molecule has 0 saturated heterocycles. The van der Waals surface area contributed by atoms with Crippen molar-refractivity contribution in [2.45, 2.75) is 6.54 Å². The van der Waals surface area contributed by atoms with Crippen LogP contribution in [0.25, 0.3) is 16.9 Å². The highest BCUT2D eigenvalue weighted by atomic mass is 35.5. The molecule has 1 N–H and O–H groups in total. The maximum atomic E-state index is 12.8. The molecule has 0 atom stereocenters. The Balaban J connectivity index is 1.52. The molecule has 0 bridgehead atoms. The van der Waals surface area contributed by atoms with Gasteiger partial charge in [-0.1, -0.05) is 41.9 Å². The number of nitrogens with one attached hydrogen (secondary N) is 1. The largest absolute Gasteiger partial charge is 0.467 e. The van der Waals surface area contributed by atoms with Gasteiger partial charge in [-0.2, -0.15) is 5.10 Å². The number of hydrogen-bond donors (Lipinski definition) is 1. The lowest BCUT2D eigenvalue weighted by atomic mass is 10.1. The van der Waals surface area contributed by atoms with Gasteiger partial charge in [-0.05, 0) is 36.4 Å². The number of aromatic nitrogens is 2. The zero-order valence-corrected chi connectivity index (χ0v) is 17.1. The van der Waals surface area contributed by atoms with E-state index in [1.54, 1.807) is 47.3 Å². The number of nitrogens with zero attached hydrogens (tertiary/aromatic N) is 2. The zero-order valence-electron chi connectivity index (χ0n) is 16.3. The number of carbonyl (C=O) groups excluding carboxylic acids is 2. The molecule has 0 spiro atoms. The summed E-state index contributed by atoms with van der Waals surface area (Å²) in [5, 5.41) is 7.76. The van der Waals surface area contributed by atoms with Crippen LogP contribution >= 0.6 is 11.6 Å². The quantitative estimate of drug-likeness (QED) is 0.438. The van der Waals surface area contributed by atoms with Crippen molar-refractivity contribution >= 4 is 23.5 Å². The van der Waals surface area contributed by atoms with Crippen molar-refractivity contribution in [3.05, 3.63) is 95.5 Å². The Morgan fingerprint density at radius 3 is 2.52 bits per heavy atom. The highest BCUT2D eigenvalue weighted by molar-refractivity contribution is 6.30. The van der Waals surface area contributed by atoms with Gasteiger partial charge in [-0.25, -0.2) is 9.48 Å². The number of halogens is 1. The van der Waals surface area contributed by atoms with E-state index in [1.807, 2.05) is 30.3 Å². The molecule has 4 rings (SSSR count). The van der Waals surface area contributed by atoms with Crippen LogP contribution in [-0.4, -0.2) is 28.3 Å². The van der Waals surface area contributed by atoms with Gasteiger partial charge in [0.2, 0.25) is 0 Å². The molecular formula is C23H18ClN3O4. The van der Waals surface area contributed by atoms with Crippen molar-refractivity contribution in [1.29, 1.82) is 0 Å². The lowest BCUT2D eigenvalue weighted by molar-refractivity contribution is -0.124. The summed E-state index contributed by atoms with van der Waals surface area (Å²) in [4.78, 5) is 24.8. The first-order valence-corrected chi connectivity index (χ1v) is 9.85. The lowest BCUT2D eigenvalue weighted by Gasteiger charge is -2.06. The summed E-state index contributed by atoms with van der Waals surface area (Å²) in [6, 6.07) is 19.8. The molecular weight excluding hydrogens is 418 g/mol. The number of furan rings is 1. The minimum atomic E-state index is -0.653. The maximum absolute atomic E-state index is 12.8. The first-order valence-electron chi connectivity index (χ1n) is 9.47. The number of esters is 1. The molecule has 0 radical (unpaired) electrons. The molecule has 2 heterocycles. The Kier molecular flexibility index (Phi) is 6.14. The number of benzene rings is 2. The summed E-state index contributed by atoms with van der Waals surface area (Å²) in [7, 11) is 0. The molecule has 8 heteroatoms. The van der Waals surface area contributed by atoms with Gasteiger partial charge >= 0.3 is 5.97 Å². The molecule has 7 nitrogen and oxygen atoms in total. The van der Waals surface area contributed by atoms with Gasteiger partial charge in [0, 0.05) is 16.8 Å². The highest BCUT2D eigenvalue weighted by Gasteiger charge is 2.21. The maximum Gasteiger partial charge on any atom is 0.342 e. The number of amides is 1. The lowest BCUT2D eigenvalue weighted by Crippen LogP contribution is -2.28. The second-order valence-electron chi connectivity index (χ2n) is 6.61. The fourth-order valence-corrected chi connectivity index (χ4v) is 3.04. The van der Waals surface area contributed by atoms with Crippen molar-refractivity contribution < 1.29 is 18.7 Å². The van der Waals surface area contributed by atoms with E-state index in [4.69, 9.17) is 20.8 Å². The predicted octanol–water partition coefficient (Wildman–Crippen LogP) is 4.26. The molecule has 0 fully saturated rings. The van der Waals surface area contributed by atoms with Crippen LogP contribution < -0.4 is 5.32 Å². The highest BCUT2D eigenvalue weighted by Crippen LogP contribution is 2.26. The van der Waals surface area contributed by atoms with Crippen LogP contribution in [0.3, 0.4) is 0 Å². The zero-order chi connectivity index (χ0) is 21.6. The van der Waals surface area contributed by atoms with Crippen molar-refractivity contribution in [1.82, 2.24) is 15.1 Å². The Hall–Kier alpha value is -3.84. The van der Waals surface area contributed by atoms with Crippen molar-refractivity contribution in [2.75, 3.05) is 6.61 Å². The van der Waals surface area contributed by atoms with E-state index in [0.717, 1.165) is 5.69 Å². The number of rotatable bonds is 7. The molecule has 0 aliphatic heterocycles. The monoisotopic (exact) mass is 435 g/mol. The average molecular weight is 436 g/mol. The fraction of sp³-hybridized carbons (Fsp3) is 0.0870. The van der Waals surface area contributed by atoms with Gasteiger partial charge in [-0.15, -0.1) is 0 Å². The average Bonchev–Trinajstić information content (AvgIpc) is 3.47. The SMILES string of the molecule is O=C(COC(=O)c1cn(-c2ccccc2)nc1-c1ccc(Cl)cc1)NCc1ccco1. The fourth-order valence-electron chi connectivity index (χ4n) is 2.92. The van der Waals surface area contributed by atoms with Gasteiger partial charge in [0.05, 0.1) is 18.5 Å². The molecule has 0 aliphatic rings. The van der Waals surface area contributed by atoms with Crippen LogP contribution in [0.1, 0.15) is 16.1 Å². The van der Waals surface area contributed by atoms with Crippen molar-refractivity contribution in [3.63, 3.8) is 0 Å². The van der Waals surface area contributed by atoms with E-state index >= 15 is 0 Å². The topological polar surface area (TPSA) is 86.4 Å². The second-order valence-corrected chi connectivity index (χ2v) is 7.05. The van der Waals surface area contributed by atoms with Crippen molar-refractivity contribution in [3.8, 4) is 16.9 Å². The van der Waals surface area contributed by atoms with Crippen LogP contribution in [-0.2, 0) is 16.1 Å². The van der Waals surface area contributed by atoms with E-state index in [1.165, 1.54) is 6.26 Å². The summed E-state index contributed by atoms with van der Waals surface area (Å²) >= 11 is 5.99. The van der Waals surface area contributed by atoms with Crippen LogP contribution in [0, 0.1) is 0 Å². The molecule has 31 heavy (non-hydrogen) atoms. The third-order valence-electron chi connectivity index (χ3n) is 4.45. The van der Waals surface area contributed by atoms with Crippen LogP contribution in [0.5, 0.6) is 0 Å². The van der Waals surface area contributed by atoms with E-state index in [2.05, 4.69) is 10.4 Å². The molecule has 1 amide bonds. The number of carbonyl (C=O) groups is 2. The molecule has 2 aromatic carbocycles. The van der Waals surface area contributed by atoms with Gasteiger partial charge in [-0.3, -0.25) is 4.79 Å².